The molecule has 0 bridgehead atoms. The monoisotopic (exact) mass is 201 g/mol. The molecule has 1 aliphatic rings. The van der Waals surface area contributed by atoms with Gasteiger partial charge in [-0.25, -0.2) is 0 Å². The summed E-state index contributed by atoms with van der Waals surface area (Å²) in [4.78, 5) is 2.47. The number of hydrogen-bond donors (Lipinski definition) is 2. The molecular weight excluding hydrogens is 182 g/mol. The molecule has 0 saturated carbocycles. The minimum Gasteiger partial charge on any atom is -0.363 e. The Labute approximate surface area is 85.9 Å². The Morgan fingerprint density at radius 3 is 2.62 bits per heavy atom. The van der Waals surface area contributed by atoms with Crippen LogP contribution in [-0.4, -0.2) is 42.7 Å². The van der Waals surface area contributed by atoms with Crippen LogP contribution in [0.4, 0.5) is 0 Å². The lowest BCUT2D eigenvalue weighted by Crippen LogP contribution is -2.39. The Morgan fingerprint density at radius 2 is 2.00 bits per heavy atom. The zero-order chi connectivity index (χ0) is 9.52. The highest BCUT2D eigenvalue weighted by atomic mass is 32.1. The molecule has 0 unspecified atom stereocenters. The molecule has 1 heterocycles. The summed E-state index contributed by atoms with van der Waals surface area (Å²) in [5.41, 5.74) is 0. The van der Waals surface area contributed by atoms with Crippen LogP contribution in [0.25, 0.3) is 0 Å². The first-order chi connectivity index (χ1) is 6.33. The van der Waals surface area contributed by atoms with Crippen LogP contribution < -0.4 is 10.6 Å². The van der Waals surface area contributed by atoms with Crippen molar-refractivity contribution >= 4 is 17.3 Å². The van der Waals surface area contributed by atoms with Gasteiger partial charge in [-0.15, -0.1) is 0 Å². The second-order valence-corrected chi connectivity index (χ2v) is 3.74. The van der Waals surface area contributed by atoms with E-state index in [0.717, 1.165) is 24.7 Å². The summed E-state index contributed by atoms with van der Waals surface area (Å²) in [6, 6.07) is 0. The minimum atomic E-state index is 0.779. The number of thiocarbonyl (C=S) groups is 1. The number of nitrogens with one attached hydrogen (secondary N) is 2. The highest BCUT2D eigenvalue weighted by molar-refractivity contribution is 7.80. The second-order valence-electron chi connectivity index (χ2n) is 3.33. The summed E-state index contributed by atoms with van der Waals surface area (Å²) in [5.74, 6) is 0. The van der Waals surface area contributed by atoms with Crippen molar-refractivity contribution in [2.24, 2.45) is 0 Å². The van der Waals surface area contributed by atoms with E-state index in [-0.39, 0.29) is 0 Å². The summed E-state index contributed by atoms with van der Waals surface area (Å²) in [5, 5.41) is 7.04. The Morgan fingerprint density at radius 1 is 1.31 bits per heavy atom. The van der Waals surface area contributed by atoms with E-state index < -0.39 is 0 Å². The molecule has 0 spiro atoms. The first-order valence-corrected chi connectivity index (χ1v) is 5.48. The summed E-state index contributed by atoms with van der Waals surface area (Å²) in [6.45, 7) is 7.55. The molecule has 13 heavy (non-hydrogen) atoms. The molecule has 1 rings (SSSR count). The molecule has 4 heteroatoms. The van der Waals surface area contributed by atoms with Crippen molar-refractivity contribution in [3.05, 3.63) is 0 Å². The van der Waals surface area contributed by atoms with E-state index in [4.69, 9.17) is 12.2 Å². The van der Waals surface area contributed by atoms with Gasteiger partial charge < -0.3 is 15.5 Å². The van der Waals surface area contributed by atoms with E-state index in [2.05, 4.69) is 22.5 Å². The average Bonchev–Trinajstić information content (AvgIpc) is 2.57. The fraction of sp³-hybridized carbons (Fsp3) is 0.889. The van der Waals surface area contributed by atoms with Crippen LogP contribution >= 0.6 is 12.2 Å². The molecule has 1 fully saturated rings. The van der Waals surface area contributed by atoms with Gasteiger partial charge >= 0.3 is 0 Å². The van der Waals surface area contributed by atoms with Crippen molar-refractivity contribution in [2.45, 2.75) is 19.8 Å². The smallest absolute Gasteiger partial charge is 0.166 e. The van der Waals surface area contributed by atoms with Crippen molar-refractivity contribution < 1.29 is 0 Å². The number of nitrogens with zero attached hydrogens (tertiary/aromatic N) is 1. The number of hydrogen-bond acceptors (Lipinski definition) is 2. The Bertz CT molecular complexity index is 155. The molecule has 0 aromatic carbocycles. The summed E-state index contributed by atoms with van der Waals surface area (Å²) in [6.07, 6.45) is 2.72. The molecule has 0 aromatic rings. The lowest BCUT2D eigenvalue weighted by Gasteiger charge is -2.15. The number of rotatable bonds is 4. The standard InChI is InChI=1S/C9H19N3S/c1-2-10-9(13)11-5-8-12-6-3-4-7-12/h2-8H2,1H3,(H2,10,11,13). The molecule has 0 amide bonds. The minimum absolute atomic E-state index is 0.779. The van der Waals surface area contributed by atoms with Gasteiger partial charge in [0.2, 0.25) is 0 Å². The largest absolute Gasteiger partial charge is 0.363 e. The SMILES string of the molecule is CCNC(=S)NCCN1CCCC1. The molecule has 3 nitrogen and oxygen atoms in total. The van der Waals surface area contributed by atoms with E-state index in [1.165, 1.54) is 25.9 Å². The summed E-state index contributed by atoms with van der Waals surface area (Å²) in [7, 11) is 0. The third-order valence-corrected chi connectivity index (χ3v) is 2.54. The Hall–Kier alpha value is -0.350. The maximum Gasteiger partial charge on any atom is 0.166 e. The summed E-state index contributed by atoms with van der Waals surface area (Å²) >= 11 is 5.05. The summed E-state index contributed by atoms with van der Waals surface area (Å²) < 4.78 is 0. The average molecular weight is 201 g/mol. The molecule has 1 saturated heterocycles. The van der Waals surface area contributed by atoms with Gasteiger partial charge in [0, 0.05) is 19.6 Å². The Balaban J connectivity index is 1.96. The zero-order valence-corrected chi connectivity index (χ0v) is 9.12. The highest BCUT2D eigenvalue weighted by Gasteiger charge is 2.09. The van der Waals surface area contributed by atoms with Crippen LogP contribution in [0.15, 0.2) is 0 Å². The third-order valence-electron chi connectivity index (χ3n) is 2.25. The lowest BCUT2D eigenvalue weighted by atomic mass is 10.4. The normalized spacial score (nSPS) is 17.3. The maximum absolute atomic E-state index is 5.05. The van der Waals surface area contributed by atoms with Gasteiger partial charge in [0.15, 0.2) is 5.11 Å². The van der Waals surface area contributed by atoms with Gasteiger partial charge in [0.05, 0.1) is 0 Å². The molecule has 0 aromatic heterocycles. The maximum atomic E-state index is 5.05. The van der Waals surface area contributed by atoms with Gasteiger partial charge in [0.25, 0.3) is 0 Å². The highest BCUT2D eigenvalue weighted by Crippen LogP contribution is 2.05. The van der Waals surface area contributed by atoms with E-state index >= 15 is 0 Å². The van der Waals surface area contributed by atoms with Crippen LogP contribution in [0.3, 0.4) is 0 Å². The van der Waals surface area contributed by atoms with Gasteiger partial charge in [-0.1, -0.05) is 0 Å². The van der Waals surface area contributed by atoms with Crippen LogP contribution in [0.5, 0.6) is 0 Å². The van der Waals surface area contributed by atoms with Crippen molar-refractivity contribution in [1.29, 1.82) is 0 Å². The molecule has 1 aliphatic heterocycles. The van der Waals surface area contributed by atoms with Crippen molar-refractivity contribution in [3.8, 4) is 0 Å². The molecular formula is C9H19N3S. The fourth-order valence-electron chi connectivity index (χ4n) is 1.56. The second kappa shape index (κ2) is 6.16. The molecule has 0 aliphatic carbocycles. The van der Waals surface area contributed by atoms with Crippen molar-refractivity contribution in [3.63, 3.8) is 0 Å². The lowest BCUT2D eigenvalue weighted by molar-refractivity contribution is 0.343. The van der Waals surface area contributed by atoms with E-state index in [1.807, 2.05) is 0 Å². The Kier molecular flexibility index (Phi) is 5.08. The quantitative estimate of drug-likeness (QED) is 0.650. The fourth-order valence-corrected chi connectivity index (χ4v) is 1.80. The van der Waals surface area contributed by atoms with Crippen LogP contribution in [0.1, 0.15) is 19.8 Å². The van der Waals surface area contributed by atoms with Crippen molar-refractivity contribution in [1.82, 2.24) is 15.5 Å². The number of likely N-dealkylation sites (tertiary alicyclic amines) is 1. The topological polar surface area (TPSA) is 27.3 Å². The van der Waals surface area contributed by atoms with Crippen LogP contribution in [0, 0.1) is 0 Å². The first-order valence-electron chi connectivity index (χ1n) is 5.07. The van der Waals surface area contributed by atoms with Gasteiger partial charge in [-0.2, -0.15) is 0 Å². The van der Waals surface area contributed by atoms with Crippen molar-refractivity contribution in [2.75, 3.05) is 32.7 Å². The molecule has 0 atom stereocenters. The predicted octanol–water partition coefficient (Wildman–Crippen LogP) is 0.566. The molecule has 2 N–H and O–H groups in total. The molecule has 0 radical (unpaired) electrons. The zero-order valence-electron chi connectivity index (χ0n) is 8.31. The predicted molar refractivity (Wildman–Crippen MR) is 60.0 cm³/mol. The first kappa shape index (κ1) is 10.7. The van der Waals surface area contributed by atoms with Crippen LogP contribution in [-0.2, 0) is 0 Å². The van der Waals surface area contributed by atoms with Gasteiger partial charge in [-0.3, -0.25) is 0 Å². The van der Waals surface area contributed by atoms with E-state index in [1.54, 1.807) is 0 Å². The van der Waals surface area contributed by atoms with Gasteiger partial charge in [-0.05, 0) is 45.1 Å². The third kappa shape index (κ3) is 4.43. The van der Waals surface area contributed by atoms with Crippen LogP contribution in [0.2, 0.25) is 0 Å². The van der Waals surface area contributed by atoms with E-state index in [9.17, 15) is 0 Å². The van der Waals surface area contributed by atoms with E-state index in [0.29, 0.717) is 0 Å². The van der Waals surface area contributed by atoms with Gasteiger partial charge in [0.1, 0.15) is 0 Å². The molecule has 76 valence electrons.